The highest BCUT2D eigenvalue weighted by Gasteiger charge is 2.09. The van der Waals surface area contributed by atoms with Crippen molar-refractivity contribution in [1.82, 2.24) is 9.97 Å². The second-order valence-electron chi connectivity index (χ2n) is 4.47. The van der Waals surface area contributed by atoms with E-state index in [4.69, 9.17) is 10.6 Å². The van der Waals surface area contributed by atoms with Crippen LogP contribution >= 0.6 is 11.3 Å². The first kappa shape index (κ1) is 14.2. The molecule has 0 aliphatic rings. The van der Waals surface area contributed by atoms with Crippen molar-refractivity contribution in [2.24, 2.45) is 11.8 Å². The average molecular weight is 280 g/mol. The highest BCUT2D eigenvalue weighted by molar-refractivity contribution is 7.16. The van der Waals surface area contributed by atoms with Gasteiger partial charge in [-0.15, -0.1) is 11.3 Å². The Hall–Kier alpha value is -1.24. The van der Waals surface area contributed by atoms with E-state index in [-0.39, 0.29) is 0 Å². The molecular weight excluding hydrogens is 260 g/mol. The lowest BCUT2D eigenvalue weighted by molar-refractivity contribution is 0.0802. The Morgan fingerprint density at radius 2 is 2.16 bits per heavy atom. The molecule has 19 heavy (non-hydrogen) atoms. The van der Waals surface area contributed by atoms with Crippen molar-refractivity contribution in [3.05, 3.63) is 17.3 Å². The van der Waals surface area contributed by atoms with E-state index >= 15 is 0 Å². The zero-order valence-corrected chi connectivity index (χ0v) is 12.2. The maximum absolute atomic E-state index is 5.70. The Labute approximate surface area is 117 Å². The van der Waals surface area contributed by atoms with Gasteiger partial charge in [-0.05, 0) is 17.4 Å². The SMILES string of the molecule is CCC(CC)COCc1nc(NN)c2ccsc2n1. The molecule has 2 aromatic heterocycles. The maximum atomic E-state index is 5.70. The number of hydrazine groups is 1. The van der Waals surface area contributed by atoms with Crippen LogP contribution in [0.3, 0.4) is 0 Å². The van der Waals surface area contributed by atoms with E-state index in [1.165, 1.54) is 0 Å². The molecule has 5 nitrogen and oxygen atoms in total. The summed E-state index contributed by atoms with van der Waals surface area (Å²) in [5, 5.41) is 2.94. The fraction of sp³-hybridized carbons (Fsp3) is 0.538. The summed E-state index contributed by atoms with van der Waals surface area (Å²) in [5.41, 5.74) is 2.62. The van der Waals surface area contributed by atoms with Crippen LogP contribution in [0.4, 0.5) is 5.82 Å². The first-order chi connectivity index (χ1) is 9.28. The van der Waals surface area contributed by atoms with E-state index in [1.54, 1.807) is 11.3 Å². The minimum Gasteiger partial charge on any atom is -0.373 e. The Morgan fingerprint density at radius 1 is 1.37 bits per heavy atom. The number of thiophene rings is 1. The number of nitrogens with one attached hydrogen (secondary N) is 1. The molecule has 0 fully saturated rings. The van der Waals surface area contributed by atoms with E-state index in [0.717, 1.165) is 29.7 Å². The van der Waals surface area contributed by atoms with Crippen LogP contribution in [-0.2, 0) is 11.3 Å². The van der Waals surface area contributed by atoms with Crippen LogP contribution in [0, 0.1) is 5.92 Å². The fourth-order valence-corrected chi connectivity index (χ4v) is 2.70. The summed E-state index contributed by atoms with van der Waals surface area (Å²) in [6.07, 6.45) is 2.27. The number of hydrogen-bond acceptors (Lipinski definition) is 6. The summed E-state index contributed by atoms with van der Waals surface area (Å²) in [6, 6.07) is 1.96. The summed E-state index contributed by atoms with van der Waals surface area (Å²) in [7, 11) is 0. The number of anilines is 1. The first-order valence-electron chi connectivity index (χ1n) is 6.56. The molecule has 0 aliphatic carbocycles. The number of rotatable bonds is 7. The summed E-state index contributed by atoms with van der Waals surface area (Å²) >= 11 is 1.58. The molecule has 2 rings (SSSR count). The predicted octanol–water partition coefficient (Wildman–Crippen LogP) is 2.93. The molecule has 6 heteroatoms. The Bertz CT molecular complexity index is 524. The molecule has 0 saturated heterocycles. The van der Waals surface area contributed by atoms with Crippen LogP contribution in [0.2, 0.25) is 0 Å². The molecule has 0 amide bonds. The second-order valence-corrected chi connectivity index (χ2v) is 5.36. The smallest absolute Gasteiger partial charge is 0.158 e. The number of ether oxygens (including phenoxy) is 1. The zero-order valence-electron chi connectivity index (χ0n) is 11.3. The molecule has 0 atom stereocenters. The van der Waals surface area contributed by atoms with Gasteiger partial charge >= 0.3 is 0 Å². The van der Waals surface area contributed by atoms with Gasteiger partial charge in [0.1, 0.15) is 11.4 Å². The quantitative estimate of drug-likeness (QED) is 0.602. The molecular formula is C13H20N4OS. The molecule has 2 aromatic rings. The summed E-state index contributed by atoms with van der Waals surface area (Å²) in [6.45, 7) is 5.55. The third-order valence-electron chi connectivity index (χ3n) is 3.25. The van der Waals surface area contributed by atoms with Crippen molar-refractivity contribution >= 4 is 27.4 Å². The van der Waals surface area contributed by atoms with Gasteiger partial charge in [0.05, 0.1) is 5.39 Å². The average Bonchev–Trinajstić information content (AvgIpc) is 2.91. The van der Waals surface area contributed by atoms with Crippen LogP contribution in [0.5, 0.6) is 0 Å². The highest BCUT2D eigenvalue weighted by atomic mass is 32.1. The van der Waals surface area contributed by atoms with E-state index < -0.39 is 0 Å². The maximum Gasteiger partial charge on any atom is 0.158 e. The molecule has 0 aliphatic heterocycles. The van der Waals surface area contributed by atoms with Crippen LogP contribution in [0.1, 0.15) is 32.5 Å². The molecule has 0 aromatic carbocycles. The van der Waals surface area contributed by atoms with Crippen molar-refractivity contribution in [2.75, 3.05) is 12.0 Å². The van der Waals surface area contributed by atoms with Crippen LogP contribution < -0.4 is 11.3 Å². The fourth-order valence-electron chi connectivity index (χ4n) is 1.92. The van der Waals surface area contributed by atoms with E-state index in [2.05, 4.69) is 29.2 Å². The molecule has 104 valence electrons. The normalized spacial score (nSPS) is 11.4. The molecule has 3 N–H and O–H groups in total. The third kappa shape index (κ3) is 3.40. The van der Waals surface area contributed by atoms with E-state index in [0.29, 0.717) is 24.2 Å². The van der Waals surface area contributed by atoms with Gasteiger partial charge in [0.2, 0.25) is 0 Å². The van der Waals surface area contributed by atoms with Gasteiger partial charge in [0.25, 0.3) is 0 Å². The van der Waals surface area contributed by atoms with Gasteiger partial charge in [-0.25, -0.2) is 15.8 Å². The molecule has 0 radical (unpaired) electrons. The number of hydrogen-bond donors (Lipinski definition) is 2. The number of nitrogens with zero attached hydrogens (tertiary/aromatic N) is 2. The second kappa shape index (κ2) is 6.79. The predicted molar refractivity (Wildman–Crippen MR) is 79.0 cm³/mol. The summed E-state index contributed by atoms with van der Waals surface area (Å²) < 4.78 is 5.70. The zero-order chi connectivity index (χ0) is 13.7. The lowest BCUT2D eigenvalue weighted by atomic mass is 10.1. The van der Waals surface area contributed by atoms with Gasteiger partial charge in [-0.2, -0.15) is 0 Å². The minimum absolute atomic E-state index is 0.430. The number of aromatic nitrogens is 2. The Kier molecular flexibility index (Phi) is 5.07. The van der Waals surface area contributed by atoms with Crippen LogP contribution in [0.25, 0.3) is 10.2 Å². The molecule has 0 spiro atoms. The number of fused-ring (bicyclic) bond motifs is 1. The van der Waals surface area contributed by atoms with Crippen LogP contribution in [-0.4, -0.2) is 16.6 Å². The number of nitrogens with two attached hydrogens (primary N) is 1. The highest BCUT2D eigenvalue weighted by Crippen LogP contribution is 2.24. The molecule has 0 saturated carbocycles. The van der Waals surface area contributed by atoms with Gasteiger partial charge in [0.15, 0.2) is 11.6 Å². The monoisotopic (exact) mass is 280 g/mol. The minimum atomic E-state index is 0.430. The van der Waals surface area contributed by atoms with E-state index in [9.17, 15) is 0 Å². The van der Waals surface area contributed by atoms with Crippen molar-refractivity contribution in [3.8, 4) is 0 Å². The lowest BCUT2D eigenvalue weighted by Crippen LogP contribution is -2.12. The summed E-state index contributed by atoms with van der Waals surface area (Å²) in [5.74, 6) is 7.43. The largest absolute Gasteiger partial charge is 0.373 e. The Morgan fingerprint density at radius 3 is 2.84 bits per heavy atom. The summed E-state index contributed by atoms with van der Waals surface area (Å²) in [4.78, 5) is 9.79. The standard InChI is InChI=1S/C13H20N4OS/c1-3-9(4-2)7-18-8-11-15-12(17-14)10-5-6-19-13(10)16-11/h5-6,9H,3-4,7-8,14H2,1-2H3,(H,15,16,17). The van der Waals surface area contributed by atoms with Crippen molar-refractivity contribution in [3.63, 3.8) is 0 Å². The number of nitrogen functional groups attached to an aromatic ring is 1. The molecule has 0 unspecified atom stereocenters. The molecule has 2 heterocycles. The van der Waals surface area contributed by atoms with Crippen LogP contribution in [0.15, 0.2) is 11.4 Å². The first-order valence-corrected chi connectivity index (χ1v) is 7.44. The topological polar surface area (TPSA) is 73.1 Å². The van der Waals surface area contributed by atoms with Gasteiger partial charge in [-0.3, -0.25) is 0 Å². The Balaban J connectivity index is 2.04. The van der Waals surface area contributed by atoms with Crippen molar-refractivity contribution < 1.29 is 4.74 Å². The van der Waals surface area contributed by atoms with Gasteiger partial charge < -0.3 is 10.2 Å². The molecule has 0 bridgehead atoms. The van der Waals surface area contributed by atoms with Crippen molar-refractivity contribution in [1.29, 1.82) is 0 Å². The van der Waals surface area contributed by atoms with Gasteiger partial charge in [-0.1, -0.05) is 26.7 Å². The lowest BCUT2D eigenvalue weighted by Gasteiger charge is -2.12. The van der Waals surface area contributed by atoms with Crippen molar-refractivity contribution in [2.45, 2.75) is 33.3 Å². The third-order valence-corrected chi connectivity index (χ3v) is 4.05. The van der Waals surface area contributed by atoms with Gasteiger partial charge in [0, 0.05) is 6.61 Å². The van der Waals surface area contributed by atoms with E-state index in [1.807, 2.05) is 11.4 Å².